The fourth-order valence-electron chi connectivity index (χ4n) is 2.77. The van der Waals surface area contributed by atoms with E-state index in [2.05, 4.69) is 15.3 Å². The second-order valence-corrected chi connectivity index (χ2v) is 7.75. The number of imidazole rings is 1. The number of hydrogen-bond acceptors (Lipinski definition) is 5. The van der Waals surface area contributed by atoms with Crippen molar-refractivity contribution in [3.05, 3.63) is 66.6 Å². The van der Waals surface area contributed by atoms with Crippen molar-refractivity contribution in [2.75, 3.05) is 11.6 Å². The number of hydrogen-bond donors (Lipinski definition) is 1. The van der Waals surface area contributed by atoms with Crippen LogP contribution in [0.15, 0.2) is 66.1 Å². The summed E-state index contributed by atoms with van der Waals surface area (Å²) in [5.74, 6) is -0.499. The SMILES string of the molecule is CS(=O)(=O)c1nc(C(=O)Nc2cnc3ccccc3c2)c2ccccn12. The summed E-state index contributed by atoms with van der Waals surface area (Å²) < 4.78 is 25.3. The zero-order valence-electron chi connectivity index (χ0n) is 13.7. The summed E-state index contributed by atoms with van der Waals surface area (Å²) in [7, 11) is -3.58. The predicted molar refractivity (Wildman–Crippen MR) is 98.0 cm³/mol. The molecule has 1 N–H and O–H groups in total. The summed E-state index contributed by atoms with van der Waals surface area (Å²) in [5, 5.41) is 3.45. The van der Waals surface area contributed by atoms with Gasteiger partial charge in [0.2, 0.25) is 15.0 Å². The topological polar surface area (TPSA) is 93.4 Å². The van der Waals surface area contributed by atoms with E-state index in [-0.39, 0.29) is 10.9 Å². The summed E-state index contributed by atoms with van der Waals surface area (Å²) in [6.07, 6.45) is 4.17. The van der Waals surface area contributed by atoms with Crippen LogP contribution in [0.1, 0.15) is 10.5 Å². The molecule has 4 rings (SSSR count). The molecule has 0 atom stereocenters. The molecule has 7 nitrogen and oxygen atoms in total. The minimum atomic E-state index is -3.58. The third kappa shape index (κ3) is 2.80. The Hall–Kier alpha value is -3.26. The first-order valence-corrected chi connectivity index (χ1v) is 9.66. The quantitative estimate of drug-likeness (QED) is 0.601. The van der Waals surface area contributed by atoms with Crippen LogP contribution in [0.3, 0.4) is 0 Å². The first-order chi connectivity index (χ1) is 12.4. The molecule has 26 heavy (non-hydrogen) atoms. The van der Waals surface area contributed by atoms with Gasteiger partial charge in [-0.1, -0.05) is 24.3 Å². The molecule has 0 aliphatic rings. The molecule has 0 aliphatic carbocycles. The van der Waals surface area contributed by atoms with Crippen molar-refractivity contribution < 1.29 is 13.2 Å². The fraction of sp³-hybridized carbons (Fsp3) is 0.0556. The molecule has 0 saturated carbocycles. The highest BCUT2D eigenvalue weighted by molar-refractivity contribution is 7.90. The summed E-state index contributed by atoms with van der Waals surface area (Å²) in [5.41, 5.74) is 1.78. The van der Waals surface area contributed by atoms with E-state index in [1.807, 2.05) is 24.3 Å². The van der Waals surface area contributed by atoms with E-state index < -0.39 is 15.7 Å². The zero-order valence-corrected chi connectivity index (χ0v) is 14.6. The maximum absolute atomic E-state index is 12.7. The third-order valence-corrected chi connectivity index (χ3v) is 4.86. The lowest BCUT2D eigenvalue weighted by Gasteiger charge is -2.05. The molecule has 1 aromatic carbocycles. The number of benzene rings is 1. The normalized spacial score (nSPS) is 11.7. The largest absolute Gasteiger partial charge is 0.319 e. The smallest absolute Gasteiger partial charge is 0.276 e. The third-order valence-electron chi connectivity index (χ3n) is 3.91. The first-order valence-electron chi connectivity index (χ1n) is 7.77. The average molecular weight is 366 g/mol. The van der Waals surface area contributed by atoms with Gasteiger partial charge >= 0.3 is 0 Å². The first kappa shape index (κ1) is 16.2. The van der Waals surface area contributed by atoms with E-state index in [0.29, 0.717) is 11.2 Å². The van der Waals surface area contributed by atoms with Crippen LogP contribution in [0.25, 0.3) is 16.4 Å². The van der Waals surface area contributed by atoms with Crippen molar-refractivity contribution in [1.82, 2.24) is 14.4 Å². The molecule has 0 spiro atoms. The Morgan fingerprint density at radius 2 is 1.88 bits per heavy atom. The lowest BCUT2D eigenvalue weighted by atomic mass is 10.2. The van der Waals surface area contributed by atoms with Gasteiger partial charge in [0.15, 0.2) is 5.69 Å². The van der Waals surface area contributed by atoms with Crippen LogP contribution < -0.4 is 5.32 Å². The van der Waals surface area contributed by atoms with Gasteiger partial charge < -0.3 is 5.32 Å². The van der Waals surface area contributed by atoms with Crippen molar-refractivity contribution in [2.24, 2.45) is 0 Å². The van der Waals surface area contributed by atoms with Gasteiger partial charge in [0.1, 0.15) is 0 Å². The molecule has 0 bridgehead atoms. The molecule has 0 radical (unpaired) electrons. The fourth-order valence-corrected chi connectivity index (χ4v) is 3.54. The molecule has 1 amide bonds. The van der Waals surface area contributed by atoms with Crippen molar-refractivity contribution >= 4 is 37.9 Å². The van der Waals surface area contributed by atoms with Crippen molar-refractivity contribution in [3.63, 3.8) is 0 Å². The highest BCUT2D eigenvalue weighted by atomic mass is 32.2. The lowest BCUT2D eigenvalue weighted by Crippen LogP contribution is -2.13. The van der Waals surface area contributed by atoms with Crippen LogP contribution in [-0.4, -0.2) is 34.9 Å². The molecule has 4 aromatic rings. The number of carbonyl (C=O) groups is 1. The van der Waals surface area contributed by atoms with E-state index in [9.17, 15) is 13.2 Å². The number of nitrogens with one attached hydrogen (secondary N) is 1. The number of pyridine rings is 2. The van der Waals surface area contributed by atoms with E-state index in [4.69, 9.17) is 0 Å². The maximum Gasteiger partial charge on any atom is 0.276 e. The number of amides is 1. The van der Waals surface area contributed by atoms with Gasteiger partial charge in [-0.25, -0.2) is 13.4 Å². The Morgan fingerprint density at radius 1 is 1.12 bits per heavy atom. The van der Waals surface area contributed by atoms with Gasteiger partial charge in [0, 0.05) is 17.8 Å². The molecule has 0 unspecified atom stereocenters. The van der Waals surface area contributed by atoms with Gasteiger partial charge in [0.05, 0.1) is 22.9 Å². The Balaban J connectivity index is 1.76. The minimum absolute atomic E-state index is 0.0409. The number of para-hydroxylation sites is 1. The number of nitrogens with zero attached hydrogens (tertiary/aromatic N) is 3. The molecule has 3 heterocycles. The van der Waals surface area contributed by atoms with Gasteiger partial charge in [-0.15, -0.1) is 0 Å². The van der Waals surface area contributed by atoms with Crippen LogP contribution in [-0.2, 0) is 9.84 Å². The molecular formula is C18H14N4O3S. The molecule has 0 saturated heterocycles. The Morgan fingerprint density at radius 3 is 2.69 bits per heavy atom. The van der Waals surface area contributed by atoms with Crippen LogP contribution in [0.4, 0.5) is 5.69 Å². The Bertz CT molecular complexity index is 1260. The molecule has 8 heteroatoms. The number of anilines is 1. The van der Waals surface area contributed by atoms with E-state index in [0.717, 1.165) is 17.2 Å². The monoisotopic (exact) mass is 366 g/mol. The number of rotatable bonds is 3. The van der Waals surface area contributed by atoms with Gasteiger partial charge in [-0.3, -0.25) is 14.2 Å². The summed E-state index contributed by atoms with van der Waals surface area (Å²) in [4.78, 5) is 21.1. The highest BCUT2D eigenvalue weighted by Gasteiger charge is 2.22. The van der Waals surface area contributed by atoms with E-state index in [1.165, 1.54) is 4.40 Å². The van der Waals surface area contributed by atoms with E-state index >= 15 is 0 Å². The van der Waals surface area contributed by atoms with Gasteiger partial charge in [-0.2, -0.15) is 0 Å². The van der Waals surface area contributed by atoms with E-state index in [1.54, 1.807) is 36.7 Å². The lowest BCUT2D eigenvalue weighted by molar-refractivity contribution is 0.102. The predicted octanol–water partition coefficient (Wildman–Crippen LogP) is 2.54. The van der Waals surface area contributed by atoms with Crippen LogP contribution in [0.2, 0.25) is 0 Å². The summed E-state index contributed by atoms with van der Waals surface area (Å²) >= 11 is 0. The maximum atomic E-state index is 12.7. The van der Waals surface area contributed by atoms with Crippen LogP contribution in [0.5, 0.6) is 0 Å². The number of sulfone groups is 1. The van der Waals surface area contributed by atoms with Crippen molar-refractivity contribution in [2.45, 2.75) is 5.16 Å². The zero-order chi connectivity index (χ0) is 18.3. The number of fused-ring (bicyclic) bond motifs is 2. The van der Waals surface area contributed by atoms with Crippen molar-refractivity contribution in [1.29, 1.82) is 0 Å². The van der Waals surface area contributed by atoms with Crippen LogP contribution in [0, 0.1) is 0 Å². The molecule has 130 valence electrons. The molecular weight excluding hydrogens is 352 g/mol. The highest BCUT2D eigenvalue weighted by Crippen LogP contribution is 2.20. The van der Waals surface area contributed by atoms with Crippen LogP contribution >= 0.6 is 0 Å². The number of aromatic nitrogens is 3. The Kier molecular flexibility index (Phi) is 3.69. The summed E-state index contributed by atoms with van der Waals surface area (Å²) in [6.45, 7) is 0. The number of carbonyl (C=O) groups excluding carboxylic acids is 1. The summed E-state index contributed by atoms with van der Waals surface area (Å²) in [6, 6.07) is 14.4. The molecule has 0 fully saturated rings. The minimum Gasteiger partial charge on any atom is -0.319 e. The van der Waals surface area contributed by atoms with Crippen molar-refractivity contribution in [3.8, 4) is 0 Å². The standard InChI is InChI=1S/C18H14N4O3S/c1-26(24,25)18-21-16(15-8-4-5-9-22(15)18)17(23)20-13-10-12-6-2-3-7-14(12)19-11-13/h2-11H,1H3,(H,20,23). The van der Waals surface area contributed by atoms with Gasteiger partial charge in [0.25, 0.3) is 5.91 Å². The Labute approximate surface area is 149 Å². The second-order valence-electron chi connectivity index (χ2n) is 5.84. The second kappa shape index (κ2) is 5.92. The molecule has 3 aromatic heterocycles. The van der Waals surface area contributed by atoms with Gasteiger partial charge in [-0.05, 0) is 24.3 Å². The average Bonchev–Trinajstić information content (AvgIpc) is 3.02. The molecule has 0 aliphatic heterocycles.